The molecule has 0 N–H and O–H groups in total. The normalized spacial score (nSPS) is 11.9. The molecule has 0 spiro atoms. The van der Waals surface area contributed by atoms with Gasteiger partial charge in [0.25, 0.3) is 31.5 Å². The Morgan fingerprint density at radius 3 is 1.29 bits per heavy atom. The van der Waals surface area contributed by atoms with Crippen molar-refractivity contribution in [1.29, 1.82) is 0 Å². The van der Waals surface area contributed by atoms with Crippen LogP contribution in [0.5, 0.6) is 0 Å². The van der Waals surface area contributed by atoms with Gasteiger partial charge < -0.3 is 8.85 Å². The van der Waals surface area contributed by atoms with Crippen LogP contribution in [-0.4, -0.2) is 31.5 Å². The monoisotopic (exact) mass is 366 g/mol. The molecule has 0 fully saturated rings. The zero-order valence-electron chi connectivity index (χ0n) is 15.3. The molecule has 1 aromatic rings. The Morgan fingerprint density at radius 1 is 0.750 bits per heavy atom. The average molecular weight is 367 g/mol. The highest BCUT2D eigenvalue weighted by molar-refractivity contribution is 6.51. The molecule has 0 radical (unpaired) electrons. The van der Waals surface area contributed by atoms with Crippen LogP contribution >= 0.6 is 0 Å². The van der Waals surface area contributed by atoms with E-state index in [2.05, 4.69) is 0 Å². The van der Waals surface area contributed by atoms with Gasteiger partial charge in [0.15, 0.2) is 0 Å². The summed E-state index contributed by atoms with van der Waals surface area (Å²) in [6.45, 7) is 8.05. The second kappa shape index (κ2) is 11.2. The van der Waals surface area contributed by atoms with Crippen LogP contribution in [0.15, 0.2) is 24.3 Å². The molecule has 0 atom stereocenters. The van der Waals surface area contributed by atoms with Crippen molar-refractivity contribution in [2.75, 3.05) is 0 Å². The van der Waals surface area contributed by atoms with Crippen molar-refractivity contribution in [2.24, 2.45) is 11.8 Å². The molecule has 1 aromatic carbocycles. The average Bonchev–Trinajstić information content (AvgIpc) is 2.61. The lowest BCUT2D eigenvalue weighted by atomic mass is 10.0. The second-order valence-corrected chi connectivity index (χ2v) is 8.85. The van der Waals surface area contributed by atoms with E-state index in [1.165, 1.54) is 0 Å². The van der Waals surface area contributed by atoms with Crippen LogP contribution in [0.3, 0.4) is 0 Å². The SMILES string of the molecule is CCC(CC)C(=O)O[SiH2]c1ccc([SiH2]OC(=O)C(CC)CC)cc1. The van der Waals surface area contributed by atoms with E-state index < -0.39 is 19.5 Å². The van der Waals surface area contributed by atoms with Gasteiger partial charge in [-0.25, -0.2) is 0 Å². The fourth-order valence-corrected chi connectivity index (χ4v) is 4.47. The lowest BCUT2D eigenvalue weighted by molar-refractivity contribution is -0.139. The number of rotatable bonds is 10. The highest BCUT2D eigenvalue weighted by Gasteiger charge is 2.16. The minimum atomic E-state index is -1.03. The number of hydrogen-bond acceptors (Lipinski definition) is 4. The highest BCUT2D eigenvalue weighted by Crippen LogP contribution is 2.09. The highest BCUT2D eigenvalue weighted by atomic mass is 28.2. The third-order valence-electron chi connectivity index (χ3n) is 4.42. The standard InChI is InChI=1S/C18H30O4Si2/c1-5-13(6-2)17(19)21-23-15-9-11-16(12-10-15)24-22-18(20)14(7-3)8-4/h9-14H,5-8,23-24H2,1-4H3. The molecule has 4 nitrogen and oxygen atoms in total. The maximum atomic E-state index is 11.9. The van der Waals surface area contributed by atoms with Gasteiger partial charge in [-0.3, -0.25) is 9.59 Å². The van der Waals surface area contributed by atoms with E-state index in [1.54, 1.807) is 0 Å². The molecule has 0 aliphatic rings. The van der Waals surface area contributed by atoms with Gasteiger partial charge in [-0.15, -0.1) is 0 Å². The summed E-state index contributed by atoms with van der Waals surface area (Å²) in [5, 5.41) is 2.19. The fraction of sp³-hybridized carbons (Fsp3) is 0.556. The van der Waals surface area contributed by atoms with Crippen LogP contribution in [0, 0.1) is 11.8 Å². The number of benzene rings is 1. The summed E-state index contributed by atoms with van der Waals surface area (Å²) < 4.78 is 11.0. The molecule has 24 heavy (non-hydrogen) atoms. The number of carbonyl (C=O) groups is 2. The van der Waals surface area contributed by atoms with Gasteiger partial charge in [0, 0.05) is 0 Å². The van der Waals surface area contributed by atoms with E-state index in [0.29, 0.717) is 0 Å². The molecule has 0 unspecified atom stereocenters. The maximum absolute atomic E-state index is 11.9. The van der Waals surface area contributed by atoms with Gasteiger partial charge in [0.05, 0.1) is 11.8 Å². The Bertz CT molecular complexity index is 461. The molecule has 0 saturated heterocycles. The van der Waals surface area contributed by atoms with Crippen molar-refractivity contribution in [3.05, 3.63) is 24.3 Å². The predicted octanol–water partition coefficient (Wildman–Crippen LogP) is 1.06. The molecule has 0 saturated carbocycles. The molecule has 0 bridgehead atoms. The van der Waals surface area contributed by atoms with Crippen molar-refractivity contribution >= 4 is 41.8 Å². The van der Waals surface area contributed by atoms with Gasteiger partial charge in [-0.2, -0.15) is 0 Å². The van der Waals surface area contributed by atoms with Crippen molar-refractivity contribution in [1.82, 2.24) is 0 Å². The first kappa shape index (κ1) is 20.6. The summed E-state index contributed by atoms with van der Waals surface area (Å²) in [6, 6.07) is 8.00. The van der Waals surface area contributed by atoms with E-state index in [-0.39, 0.29) is 23.8 Å². The summed E-state index contributed by atoms with van der Waals surface area (Å²) in [6.07, 6.45) is 3.32. The molecule has 0 aromatic heterocycles. The van der Waals surface area contributed by atoms with E-state index in [1.807, 2.05) is 52.0 Å². The van der Waals surface area contributed by atoms with Crippen LogP contribution < -0.4 is 10.4 Å². The second-order valence-electron chi connectivity index (χ2n) is 6.06. The third-order valence-corrected chi connectivity index (χ3v) is 6.89. The van der Waals surface area contributed by atoms with Crippen molar-refractivity contribution in [3.63, 3.8) is 0 Å². The van der Waals surface area contributed by atoms with Crippen LogP contribution in [0.25, 0.3) is 0 Å². The molecule has 6 heteroatoms. The van der Waals surface area contributed by atoms with Crippen molar-refractivity contribution in [3.8, 4) is 0 Å². The van der Waals surface area contributed by atoms with Gasteiger partial charge in [0.1, 0.15) is 0 Å². The van der Waals surface area contributed by atoms with Gasteiger partial charge in [-0.05, 0) is 36.1 Å². The molecule has 134 valence electrons. The predicted molar refractivity (Wildman–Crippen MR) is 103 cm³/mol. The Balaban J connectivity index is 2.46. The van der Waals surface area contributed by atoms with Crippen LogP contribution in [0.4, 0.5) is 0 Å². The van der Waals surface area contributed by atoms with E-state index in [0.717, 1.165) is 36.1 Å². The molecule has 0 aliphatic carbocycles. The summed E-state index contributed by atoms with van der Waals surface area (Å²) in [4.78, 5) is 23.8. The first-order chi connectivity index (χ1) is 11.5. The first-order valence-corrected chi connectivity index (χ1v) is 11.5. The molecule has 0 heterocycles. The summed E-state index contributed by atoms with van der Waals surface area (Å²) in [7, 11) is -2.06. The van der Waals surface area contributed by atoms with Crippen LogP contribution in [0.2, 0.25) is 0 Å². The Labute approximate surface area is 150 Å². The minimum absolute atomic E-state index is 0.0219. The Hall–Kier alpha value is -1.41. The number of carbonyl (C=O) groups excluding carboxylic acids is 2. The van der Waals surface area contributed by atoms with Gasteiger partial charge >= 0.3 is 0 Å². The molecule has 0 aliphatic heterocycles. The minimum Gasteiger partial charge on any atom is -0.520 e. The Morgan fingerprint density at radius 2 is 1.04 bits per heavy atom. The van der Waals surface area contributed by atoms with Crippen LogP contribution in [0.1, 0.15) is 53.4 Å². The largest absolute Gasteiger partial charge is 0.520 e. The smallest absolute Gasteiger partial charge is 0.295 e. The molecular formula is C18H30O4Si2. The lowest BCUT2D eigenvalue weighted by Gasteiger charge is -2.13. The lowest BCUT2D eigenvalue weighted by Crippen LogP contribution is -2.28. The fourth-order valence-electron chi connectivity index (χ4n) is 2.52. The summed E-state index contributed by atoms with van der Waals surface area (Å²) in [5.41, 5.74) is 0. The zero-order valence-corrected chi connectivity index (χ0v) is 18.2. The third kappa shape index (κ3) is 6.61. The van der Waals surface area contributed by atoms with Gasteiger partial charge in [-0.1, -0.05) is 52.0 Å². The summed E-state index contributed by atoms with van der Waals surface area (Å²) in [5.74, 6) is -0.0872. The van der Waals surface area contributed by atoms with Crippen molar-refractivity contribution in [2.45, 2.75) is 53.4 Å². The maximum Gasteiger partial charge on any atom is 0.295 e. The quantitative estimate of drug-likeness (QED) is 0.581. The topological polar surface area (TPSA) is 52.6 Å². The van der Waals surface area contributed by atoms with Crippen molar-refractivity contribution < 1.29 is 18.4 Å². The van der Waals surface area contributed by atoms with E-state index >= 15 is 0 Å². The van der Waals surface area contributed by atoms with Crippen LogP contribution in [-0.2, 0) is 18.4 Å². The zero-order chi connectivity index (χ0) is 17.9. The molecular weight excluding hydrogens is 336 g/mol. The molecule has 1 rings (SSSR count). The summed E-state index contributed by atoms with van der Waals surface area (Å²) >= 11 is 0. The Kier molecular flexibility index (Phi) is 9.63. The first-order valence-electron chi connectivity index (χ1n) is 8.96. The van der Waals surface area contributed by atoms with E-state index in [9.17, 15) is 9.59 Å². The molecule has 0 amide bonds. The number of hydrogen-bond donors (Lipinski definition) is 0. The van der Waals surface area contributed by atoms with E-state index in [4.69, 9.17) is 8.85 Å². The van der Waals surface area contributed by atoms with Gasteiger partial charge in [0.2, 0.25) is 0 Å².